The van der Waals surface area contributed by atoms with Crippen LogP contribution in [0.25, 0.3) is 0 Å². The molecular formula is C14H25N3. The predicted octanol–water partition coefficient (Wildman–Crippen LogP) is 2.72. The molecule has 0 bridgehead atoms. The topological polar surface area (TPSA) is 41.3 Å². The smallest absolute Gasteiger partial charge is 0.0390 e. The first-order valence-corrected chi connectivity index (χ1v) is 6.49. The predicted molar refractivity (Wildman–Crippen MR) is 76.5 cm³/mol. The second-order valence-corrected chi connectivity index (χ2v) is 4.44. The zero-order chi connectivity index (χ0) is 12.7. The molecule has 3 N–H and O–H groups in total. The van der Waals surface area contributed by atoms with Crippen LogP contribution in [0.15, 0.2) is 18.2 Å². The number of nitrogens with one attached hydrogen (secondary N) is 1. The summed E-state index contributed by atoms with van der Waals surface area (Å²) in [5.74, 6) is 0. The number of rotatable bonds is 7. The maximum Gasteiger partial charge on any atom is 0.0390 e. The van der Waals surface area contributed by atoms with E-state index in [0.717, 1.165) is 31.0 Å². The number of nitrogens with two attached hydrogens (primary N) is 1. The van der Waals surface area contributed by atoms with Crippen molar-refractivity contribution in [1.82, 2.24) is 4.90 Å². The van der Waals surface area contributed by atoms with Gasteiger partial charge in [-0.05, 0) is 44.1 Å². The van der Waals surface area contributed by atoms with Crippen molar-refractivity contribution in [2.45, 2.75) is 27.2 Å². The molecule has 0 saturated heterocycles. The standard InChI is InChI=1S/C14H25N3/c1-4-9-17(5-2)10-8-16-14-11-13(15)7-6-12(14)3/h6-7,11,16H,4-5,8-10,15H2,1-3H3. The highest BCUT2D eigenvalue weighted by Gasteiger charge is 2.01. The van der Waals surface area contributed by atoms with E-state index in [1.807, 2.05) is 12.1 Å². The Hall–Kier alpha value is -1.22. The molecule has 0 amide bonds. The van der Waals surface area contributed by atoms with Crippen LogP contribution in [0.3, 0.4) is 0 Å². The molecule has 0 saturated carbocycles. The van der Waals surface area contributed by atoms with Gasteiger partial charge in [0.25, 0.3) is 0 Å². The van der Waals surface area contributed by atoms with Gasteiger partial charge in [-0.25, -0.2) is 0 Å². The summed E-state index contributed by atoms with van der Waals surface area (Å²) in [7, 11) is 0. The number of hydrogen-bond donors (Lipinski definition) is 2. The molecule has 3 nitrogen and oxygen atoms in total. The van der Waals surface area contributed by atoms with Crippen LogP contribution in [0, 0.1) is 6.92 Å². The van der Waals surface area contributed by atoms with E-state index in [9.17, 15) is 0 Å². The van der Waals surface area contributed by atoms with Gasteiger partial charge in [-0.2, -0.15) is 0 Å². The quantitative estimate of drug-likeness (QED) is 0.714. The molecule has 0 aliphatic heterocycles. The minimum Gasteiger partial charge on any atom is -0.399 e. The van der Waals surface area contributed by atoms with Crippen molar-refractivity contribution in [2.24, 2.45) is 0 Å². The molecule has 3 heteroatoms. The third-order valence-corrected chi connectivity index (χ3v) is 2.99. The van der Waals surface area contributed by atoms with Gasteiger partial charge in [0.1, 0.15) is 0 Å². The Balaban J connectivity index is 2.42. The minimum absolute atomic E-state index is 0.819. The Morgan fingerprint density at radius 1 is 1.24 bits per heavy atom. The molecule has 0 aliphatic carbocycles. The van der Waals surface area contributed by atoms with E-state index in [1.165, 1.54) is 18.5 Å². The van der Waals surface area contributed by atoms with Crippen LogP contribution >= 0.6 is 0 Å². The van der Waals surface area contributed by atoms with E-state index in [1.54, 1.807) is 0 Å². The average molecular weight is 235 g/mol. The lowest BCUT2D eigenvalue weighted by Gasteiger charge is -2.20. The van der Waals surface area contributed by atoms with Crippen LogP contribution in [0.4, 0.5) is 11.4 Å². The molecule has 96 valence electrons. The van der Waals surface area contributed by atoms with E-state index >= 15 is 0 Å². The molecule has 1 aromatic rings. The Kier molecular flexibility index (Phi) is 5.84. The normalized spacial score (nSPS) is 10.8. The number of anilines is 2. The second-order valence-electron chi connectivity index (χ2n) is 4.44. The van der Waals surface area contributed by atoms with E-state index in [4.69, 9.17) is 5.73 Å². The number of nitrogens with zero attached hydrogens (tertiary/aromatic N) is 1. The molecule has 17 heavy (non-hydrogen) atoms. The summed E-state index contributed by atoms with van der Waals surface area (Å²) in [5.41, 5.74) is 9.00. The molecule has 1 aromatic carbocycles. The summed E-state index contributed by atoms with van der Waals surface area (Å²) in [6, 6.07) is 6.00. The third-order valence-electron chi connectivity index (χ3n) is 2.99. The number of nitrogen functional groups attached to an aromatic ring is 1. The maximum absolute atomic E-state index is 5.78. The summed E-state index contributed by atoms with van der Waals surface area (Å²) >= 11 is 0. The van der Waals surface area contributed by atoms with Gasteiger partial charge < -0.3 is 16.0 Å². The fraction of sp³-hybridized carbons (Fsp3) is 0.571. The van der Waals surface area contributed by atoms with Crippen molar-refractivity contribution in [1.29, 1.82) is 0 Å². The second kappa shape index (κ2) is 7.17. The SMILES string of the molecule is CCCN(CC)CCNc1cc(N)ccc1C. The van der Waals surface area contributed by atoms with E-state index in [2.05, 4.69) is 37.1 Å². The number of hydrogen-bond acceptors (Lipinski definition) is 3. The van der Waals surface area contributed by atoms with Crippen LogP contribution in [0.2, 0.25) is 0 Å². The van der Waals surface area contributed by atoms with Crippen LogP contribution < -0.4 is 11.1 Å². The summed E-state index contributed by atoms with van der Waals surface area (Å²) in [6.07, 6.45) is 1.21. The van der Waals surface area contributed by atoms with E-state index < -0.39 is 0 Å². The molecule has 0 radical (unpaired) electrons. The zero-order valence-corrected chi connectivity index (χ0v) is 11.3. The summed E-state index contributed by atoms with van der Waals surface area (Å²) < 4.78 is 0. The van der Waals surface area contributed by atoms with E-state index in [0.29, 0.717) is 0 Å². The Bertz CT molecular complexity index is 336. The Labute approximate surface area is 105 Å². The average Bonchev–Trinajstić information content (AvgIpc) is 2.32. The van der Waals surface area contributed by atoms with Crippen molar-refractivity contribution >= 4 is 11.4 Å². The molecule has 0 fully saturated rings. The van der Waals surface area contributed by atoms with Crippen molar-refractivity contribution < 1.29 is 0 Å². The fourth-order valence-electron chi connectivity index (χ4n) is 1.92. The fourth-order valence-corrected chi connectivity index (χ4v) is 1.92. The molecular weight excluding hydrogens is 210 g/mol. The Morgan fingerprint density at radius 3 is 2.65 bits per heavy atom. The molecule has 0 heterocycles. The van der Waals surface area contributed by atoms with Crippen molar-refractivity contribution in [3.05, 3.63) is 23.8 Å². The largest absolute Gasteiger partial charge is 0.399 e. The van der Waals surface area contributed by atoms with Crippen LogP contribution in [0.5, 0.6) is 0 Å². The van der Waals surface area contributed by atoms with Crippen LogP contribution in [-0.2, 0) is 0 Å². The van der Waals surface area contributed by atoms with Gasteiger partial charge in [-0.3, -0.25) is 0 Å². The van der Waals surface area contributed by atoms with E-state index in [-0.39, 0.29) is 0 Å². The minimum atomic E-state index is 0.819. The van der Waals surface area contributed by atoms with Gasteiger partial charge >= 0.3 is 0 Å². The van der Waals surface area contributed by atoms with Crippen molar-refractivity contribution in [3.8, 4) is 0 Å². The zero-order valence-electron chi connectivity index (χ0n) is 11.3. The molecule has 0 atom stereocenters. The monoisotopic (exact) mass is 235 g/mol. The van der Waals surface area contributed by atoms with Gasteiger partial charge in [-0.1, -0.05) is 19.9 Å². The first-order chi connectivity index (χ1) is 8.17. The van der Waals surface area contributed by atoms with Crippen molar-refractivity contribution in [3.63, 3.8) is 0 Å². The Morgan fingerprint density at radius 2 is 2.00 bits per heavy atom. The highest BCUT2D eigenvalue weighted by Crippen LogP contribution is 2.17. The maximum atomic E-state index is 5.78. The highest BCUT2D eigenvalue weighted by molar-refractivity contribution is 5.59. The molecule has 0 aromatic heterocycles. The van der Waals surface area contributed by atoms with Crippen LogP contribution in [-0.4, -0.2) is 31.1 Å². The first-order valence-electron chi connectivity index (χ1n) is 6.49. The van der Waals surface area contributed by atoms with Gasteiger partial charge in [0.2, 0.25) is 0 Å². The molecule has 0 aliphatic rings. The summed E-state index contributed by atoms with van der Waals surface area (Å²) in [4.78, 5) is 2.45. The summed E-state index contributed by atoms with van der Waals surface area (Å²) in [5, 5.41) is 3.46. The summed E-state index contributed by atoms with van der Waals surface area (Å²) in [6.45, 7) is 10.9. The van der Waals surface area contributed by atoms with Gasteiger partial charge in [0.15, 0.2) is 0 Å². The first kappa shape index (κ1) is 13.8. The van der Waals surface area contributed by atoms with Crippen molar-refractivity contribution in [2.75, 3.05) is 37.2 Å². The lowest BCUT2D eigenvalue weighted by atomic mass is 10.2. The van der Waals surface area contributed by atoms with Gasteiger partial charge in [-0.15, -0.1) is 0 Å². The number of likely N-dealkylation sites (N-methyl/N-ethyl adjacent to an activating group) is 1. The van der Waals surface area contributed by atoms with Gasteiger partial charge in [0, 0.05) is 24.5 Å². The molecule has 0 spiro atoms. The third kappa shape index (κ3) is 4.65. The molecule has 1 rings (SSSR count). The number of benzene rings is 1. The number of aryl methyl sites for hydroxylation is 1. The lowest BCUT2D eigenvalue weighted by Crippen LogP contribution is -2.29. The molecule has 0 unspecified atom stereocenters. The highest BCUT2D eigenvalue weighted by atomic mass is 15.1. The van der Waals surface area contributed by atoms with Crippen LogP contribution in [0.1, 0.15) is 25.8 Å². The van der Waals surface area contributed by atoms with Gasteiger partial charge in [0.05, 0.1) is 0 Å². The lowest BCUT2D eigenvalue weighted by molar-refractivity contribution is 0.300.